The highest BCUT2D eigenvalue weighted by molar-refractivity contribution is 6.31. The van der Waals surface area contributed by atoms with E-state index in [1.54, 1.807) is 24.3 Å². The predicted molar refractivity (Wildman–Crippen MR) is 101 cm³/mol. The summed E-state index contributed by atoms with van der Waals surface area (Å²) < 4.78 is 5.85. The van der Waals surface area contributed by atoms with Crippen LogP contribution in [0.5, 0.6) is 5.75 Å². The van der Waals surface area contributed by atoms with Gasteiger partial charge in [-0.2, -0.15) is 0 Å². The lowest BCUT2D eigenvalue weighted by molar-refractivity contribution is -0.129. The van der Waals surface area contributed by atoms with Gasteiger partial charge in [0, 0.05) is 12.1 Å². The molecule has 4 amide bonds. The van der Waals surface area contributed by atoms with Gasteiger partial charge in [-0.3, -0.25) is 19.8 Å². The van der Waals surface area contributed by atoms with Crippen molar-refractivity contribution >= 4 is 23.9 Å². The van der Waals surface area contributed by atoms with Crippen molar-refractivity contribution in [1.29, 1.82) is 0 Å². The van der Waals surface area contributed by atoms with Gasteiger partial charge >= 0.3 is 6.03 Å². The molecule has 0 spiro atoms. The zero-order valence-electron chi connectivity index (χ0n) is 14.6. The Labute approximate surface area is 156 Å². The van der Waals surface area contributed by atoms with Gasteiger partial charge in [-0.25, -0.2) is 4.79 Å². The van der Waals surface area contributed by atoms with Crippen LogP contribution in [-0.4, -0.2) is 29.3 Å². The van der Waals surface area contributed by atoms with Gasteiger partial charge in [0.15, 0.2) is 0 Å². The first-order chi connectivity index (χ1) is 13.1. The van der Waals surface area contributed by atoms with Crippen LogP contribution in [0.4, 0.5) is 4.79 Å². The molecule has 1 saturated heterocycles. The Bertz CT molecular complexity index is 919. The van der Waals surface area contributed by atoms with Crippen molar-refractivity contribution in [3.8, 4) is 5.75 Å². The number of amides is 4. The highest BCUT2D eigenvalue weighted by atomic mass is 16.5. The summed E-state index contributed by atoms with van der Waals surface area (Å²) in [6.45, 7) is 3.89. The molecule has 1 fully saturated rings. The molecule has 3 rings (SSSR count). The molecule has 0 unspecified atom stereocenters. The quantitative estimate of drug-likeness (QED) is 0.487. The Balaban J connectivity index is 1.87. The Hall–Kier alpha value is -3.67. The van der Waals surface area contributed by atoms with Gasteiger partial charge in [0.05, 0.1) is 0 Å². The van der Waals surface area contributed by atoms with Crippen LogP contribution < -0.4 is 10.1 Å². The Kier molecular flexibility index (Phi) is 5.47. The summed E-state index contributed by atoms with van der Waals surface area (Å²) in [5.41, 5.74) is 1.43. The number of carbonyl (C=O) groups is 3. The third-order valence-corrected chi connectivity index (χ3v) is 3.95. The molecule has 136 valence electrons. The molecule has 1 aliphatic heterocycles. The van der Waals surface area contributed by atoms with E-state index in [1.807, 2.05) is 30.3 Å². The third-order valence-electron chi connectivity index (χ3n) is 3.95. The summed E-state index contributed by atoms with van der Waals surface area (Å²) in [7, 11) is 0. The number of rotatable bonds is 6. The smallest absolute Gasteiger partial charge is 0.331 e. The van der Waals surface area contributed by atoms with Crippen LogP contribution in [0.1, 0.15) is 11.1 Å². The SMILES string of the molecule is C=CCN1C(=O)NC(=O)/C(=C/c2ccccc2OCc2ccccc2)C1=O. The van der Waals surface area contributed by atoms with Crippen molar-refractivity contribution < 1.29 is 19.1 Å². The second kappa shape index (κ2) is 8.14. The van der Waals surface area contributed by atoms with E-state index in [-0.39, 0.29) is 12.1 Å². The van der Waals surface area contributed by atoms with E-state index in [4.69, 9.17) is 4.74 Å². The maximum absolute atomic E-state index is 12.5. The molecule has 2 aromatic rings. The van der Waals surface area contributed by atoms with E-state index in [9.17, 15) is 14.4 Å². The minimum Gasteiger partial charge on any atom is -0.488 e. The van der Waals surface area contributed by atoms with E-state index in [0.717, 1.165) is 10.5 Å². The number of barbiturate groups is 1. The number of carbonyl (C=O) groups excluding carboxylic acids is 3. The van der Waals surface area contributed by atoms with E-state index in [2.05, 4.69) is 11.9 Å². The van der Waals surface area contributed by atoms with E-state index >= 15 is 0 Å². The Morgan fingerprint density at radius 2 is 1.70 bits per heavy atom. The molecular formula is C21H18N2O4. The number of nitrogens with zero attached hydrogens (tertiary/aromatic N) is 1. The summed E-state index contributed by atoms with van der Waals surface area (Å²) >= 11 is 0. The molecule has 27 heavy (non-hydrogen) atoms. The molecule has 0 atom stereocenters. The van der Waals surface area contributed by atoms with Crippen LogP contribution in [0.15, 0.2) is 72.8 Å². The van der Waals surface area contributed by atoms with Crippen molar-refractivity contribution in [2.45, 2.75) is 6.61 Å². The molecule has 6 nitrogen and oxygen atoms in total. The largest absolute Gasteiger partial charge is 0.488 e. The fraction of sp³-hybridized carbons (Fsp3) is 0.0952. The number of hydrogen-bond donors (Lipinski definition) is 1. The summed E-state index contributed by atoms with van der Waals surface area (Å²) in [6.07, 6.45) is 2.85. The van der Waals surface area contributed by atoms with Gasteiger partial charge in [0.2, 0.25) is 0 Å². The van der Waals surface area contributed by atoms with E-state index in [1.165, 1.54) is 12.2 Å². The minimum atomic E-state index is -0.754. The molecule has 2 aromatic carbocycles. The average Bonchev–Trinajstić information content (AvgIpc) is 2.68. The van der Waals surface area contributed by atoms with Crippen LogP contribution in [0.2, 0.25) is 0 Å². The van der Waals surface area contributed by atoms with E-state index in [0.29, 0.717) is 17.9 Å². The second-order valence-corrected chi connectivity index (χ2v) is 5.83. The highest BCUT2D eigenvalue weighted by Gasteiger charge is 2.35. The van der Waals surface area contributed by atoms with Crippen molar-refractivity contribution in [1.82, 2.24) is 10.2 Å². The third kappa shape index (κ3) is 4.12. The summed E-state index contributed by atoms with van der Waals surface area (Å²) in [4.78, 5) is 37.4. The molecule has 0 aliphatic carbocycles. The van der Waals surface area contributed by atoms with Crippen molar-refractivity contribution in [2.24, 2.45) is 0 Å². The summed E-state index contributed by atoms with van der Waals surface area (Å²) in [5.74, 6) is -0.869. The predicted octanol–water partition coefficient (Wildman–Crippen LogP) is 2.91. The standard InChI is InChI=1S/C21H18N2O4/c1-2-12-23-20(25)17(19(24)22-21(23)26)13-16-10-6-7-11-18(16)27-14-15-8-4-3-5-9-15/h2-11,13H,1,12,14H2,(H,22,24,26)/b17-13-. The topological polar surface area (TPSA) is 75.7 Å². The van der Waals surface area contributed by atoms with Crippen LogP contribution in [0.25, 0.3) is 6.08 Å². The number of benzene rings is 2. The lowest BCUT2D eigenvalue weighted by atomic mass is 10.1. The van der Waals surface area contributed by atoms with E-state index < -0.39 is 17.8 Å². The number of ether oxygens (including phenoxy) is 1. The molecule has 1 aliphatic rings. The van der Waals surface area contributed by atoms with Gasteiger partial charge in [0.1, 0.15) is 17.9 Å². The van der Waals surface area contributed by atoms with Crippen molar-refractivity contribution in [2.75, 3.05) is 6.54 Å². The fourth-order valence-corrected chi connectivity index (χ4v) is 2.61. The van der Waals surface area contributed by atoms with Crippen molar-refractivity contribution in [3.63, 3.8) is 0 Å². The molecule has 0 saturated carbocycles. The van der Waals surface area contributed by atoms with Crippen LogP contribution in [0, 0.1) is 0 Å². The number of imide groups is 2. The Morgan fingerprint density at radius 1 is 1.00 bits per heavy atom. The first kappa shape index (κ1) is 18.1. The number of nitrogens with one attached hydrogen (secondary N) is 1. The number of urea groups is 1. The summed E-state index contributed by atoms with van der Waals surface area (Å²) in [6, 6.07) is 16.0. The monoisotopic (exact) mass is 362 g/mol. The van der Waals surface area contributed by atoms with Gasteiger partial charge in [0.25, 0.3) is 11.8 Å². The van der Waals surface area contributed by atoms with Gasteiger partial charge in [-0.15, -0.1) is 6.58 Å². The second-order valence-electron chi connectivity index (χ2n) is 5.83. The van der Waals surface area contributed by atoms with Crippen molar-refractivity contribution in [3.05, 3.63) is 84.0 Å². The molecular weight excluding hydrogens is 344 g/mol. The first-order valence-electron chi connectivity index (χ1n) is 8.35. The maximum atomic E-state index is 12.5. The zero-order valence-corrected chi connectivity index (χ0v) is 14.6. The molecule has 0 aromatic heterocycles. The molecule has 1 heterocycles. The zero-order chi connectivity index (χ0) is 19.2. The average molecular weight is 362 g/mol. The fourth-order valence-electron chi connectivity index (χ4n) is 2.61. The molecule has 0 radical (unpaired) electrons. The Morgan fingerprint density at radius 3 is 2.44 bits per heavy atom. The lowest BCUT2D eigenvalue weighted by Gasteiger charge is -2.25. The lowest BCUT2D eigenvalue weighted by Crippen LogP contribution is -2.54. The molecule has 6 heteroatoms. The normalized spacial score (nSPS) is 15.6. The minimum absolute atomic E-state index is 0.0153. The molecule has 0 bridgehead atoms. The first-order valence-corrected chi connectivity index (χ1v) is 8.35. The van der Waals surface area contributed by atoms with Crippen LogP contribution in [-0.2, 0) is 16.2 Å². The maximum Gasteiger partial charge on any atom is 0.331 e. The highest BCUT2D eigenvalue weighted by Crippen LogP contribution is 2.24. The van der Waals surface area contributed by atoms with Crippen LogP contribution in [0.3, 0.4) is 0 Å². The molecule has 1 N–H and O–H groups in total. The summed E-state index contributed by atoms with van der Waals surface area (Å²) in [5, 5.41) is 2.16. The van der Waals surface area contributed by atoms with Gasteiger partial charge in [-0.05, 0) is 17.7 Å². The van der Waals surface area contributed by atoms with Gasteiger partial charge in [-0.1, -0.05) is 54.6 Å². The number of para-hydroxylation sites is 1. The van der Waals surface area contributed by atoms with Crippen LogP contribution >= 0.6 is 0 Å². The van der Waals surface area contributed by atoms with Gasteiger partial charge < -0.3 is 4.74 Å². The number of hydrogen-bond acceptors (Lipinski definition) is 4.